The summed E-state index contributed by atoms with van der Waals surface area (Å²) >= 11 is 0. The van der Waals surface area contributed by atoms with Gasteiger partial charge in [-0.15, -0.1) is 0 Å². The summed E-state index contributed by atoms with van der Waals surface area (Å²) < 4.78 is 0. The summed E-state index contributed by atoms with van der Waals surface area (Å²) in [6, 6.07) is 8.84. The Morgan fingerprint density at radius 1 is 1.16 bits per heavy atom. The van der Waals surface area contributed by atoms with Gasteiger partial charge in [-0.05, 0) is 29.4 Å². The van der Waals surface area contributed by atoms with Crippen LogP contribution < -0.4 is 11.1 Å². The van der Waals surface area contributed by atoms with E-state index >= 15 is 0 Å². The second kappa shape index (κ2) is 7.29. The Bertz CT molecular complexity index is 398. The lowest BCUT2D eigenvalue weighted by molar-refractivity contribution is -0.117. The van der Waals surface area contributed by atoms with Crippen LogP contribution >= 0.6 is 0 Å². The van der Waals surface area contributed by atoms with E-state index in [0.29, 0.717) is 11.8 Å². The maximum atomic E-state index is 10.9. The van der Waals surface area contributed by atoms with Crippen LogP contribution in [0, 0.1) is 5.92 Å². The normalized spacial score (nSPS) is 14.4. The highest BCUT2D eigenvalue weighted by Crippen LogP contribution is 2.25. The van der Waals surface area contributed by atoms with Crippen molar-refractivity contribution in [3.8, 4) is 0 Å². The molecular formula is C16H26N2O. The van der Waals surface area contributed by atoms with Crippen LogP contribution in [0.3, 0.4) is 0 Å². The van der Waals surface area contributed by atoms with Crippen molar-refractivity contribution >= 4 is 5.91 Å². The summed E-state index contributed by atoms with van der Waals surface area (Å²) in [7, 11) is 0. The van der Waals surface area contributed by atoms with Gasteiger partial charge in [-0.25, -0.2) is 0 Å². The quantitative estimate of drug-likeness (QED) is 0.793. The molecule has 0 heterocycles. The molecule has 0 unspecified atom stereocenters. The minimum Gasteiger partial charge on any atom is -0.369 e. The van der Waals surface area contributed by atoms with Crippen LogP contribution in [0.15, 0.2) is 24.3 Å². The molecule has 0 radical (unpaired) electrons. The van der Waals surface area contributed by atoms with Crippen LogP contribution in [0.5, 0.6) is 0 Å². The Labute approximate surface area is 116 Å². The van der Waals surface area contributed by atoms with Crippen LogP contribution in [0.2, 0.25) is 0 Å². The minimum atomic E-state index is -0.318. The molecule has 0 bridgehead atoms. The van der Waals surface area contributed by atoms with Gasteiger partial charge in [-0.2, -0.15) is 0 Å². The van der Waals surface area contributed by atoms with E-state index in [4.69, 9.17) is 5.73 Å². The van der Waals surface area contributed by atoms with Gasteiger partial charge in [0.2, 0.25) is 5.91 Å². The Kier molecular flexibility index (Phi) is 6.03. The standard InChI is InChI=1S/C16H26N2O/c1-5-12(4)13-6-8-14(9-7-13)16(11(2)3)18-10-15(17)19/h6-9,11-12,16,18H,5,10H2,1-4H3,(H2,17,19)/t12-,16-/m0/s1. The number of nitrogens with two attached hydrogens (primary N) is 1. The molecule has 2 atom stereocenters. The average molecular weight is 262 g/mol. The van der Waals surface area contributed by atoms with E-state index in [0.717, 1.165) is 6.42 Å². The van der Waals surface area contributed by atoms with Crippen molar-refractivity contribution in [1.82, 2.24) is 5.32 Å². The molecule has 0 saturated carbocycles. The highest BCUT2D eigenvalue weighted by molar-refractivity contribution is 5.75. The molecule has 3 nitrogen and oxygen atoms in total. The fourth-order valence-electron chi connectivity index (χ4n) is 2.22. The number of rotatable bonds is 7. The lowest BCUT2D eigenvalue weighted by atomic mass is 9.92. The van der Waals surface area contributed by atoms with Crippen molar-refractivity contribution in [2.75, 3.05) is 6.54 Å². The van der Waals surface area contributed by atoms with Gasteiger partial charge in [0.05, 0.1) is 6.54 Å². The monoisotopic (exact) mass is 262 g/mol. The van der Waals surface area contributed by atoms with E-state index in [1.807, 2.05) is 0 Å². The average Bonchev–Trinajstić information content (AvgIpc) is 2.38. The van der Waals surface area contributed by atoms with E-state index in [-0.39, 0.29) is 18.5 Å². The molecule has 0 aromatic heterocycles. The first-order chi connectivity index (χ1) is 8.95. The van der Waals surface area contributed by atoms with Crippen LogP contribution in [0.25, 0.3) is 0 Å². The summed E-state index contributed by atoms with van der Waals surface area (Å²) in [5.74, 6) is 0.681. The van der Waals surface area contributed by atoms with Crippen molar-refractivity contribution in [1.29, 1.82) is 0 Å². The van der Waals surface area contributed by atoms with E-state index in [9.17, 15) is 4.79 Å². The molecule has 0 aliphatic heterocycles. The van der Waals surface area contributed by atoms with Gasteiger partial charge in [0, 0.05) is 6.04 Å². The number of hydrogen-bond acceptors (Lipinski definition) is 2. The number of nitrogens with one attached hydrogen (secondary N) is 1. The minimum absolute atomic E-state index is 0.165. The number of carbonyl (C=O) groups is 1. The number of hydrogen-bond donors (Lipinski definition) is 2. The first-order valence-corrected chi connectivity index (χ1v) is 7.07. The third kappa shape index (κ3) is 4.67. The first-order valence-electron chi connectivity index (χ1n) is 7.07. The van der Waals surface area contributed by atoms with E-state index < -0.39 is 0 Å². The van der Waals surface area contributed by atoms with Gasteiger partial charge >= 0.3 is 0 Å². The Morgan fingerprint density at radius 3 is 2.11 bits per heavy atom. The molecule has 0 saturated heterocycles. The van der Waals surface area contributed by atoms with Gasteiger partial charge < -0.3 is 11.1 Å². The second-order valence-corrected chi connectivity index (χ2v) is 5.54. The molecule has 0 aliphatic carbocycles. The molecule has 0 spiro atoms. The van der Waals surface area contributed by atoms with Crippen LogP contribution in [-0.2, 0) is 4.79 Å². The lowest BCUT2D eigenvalue weighted by Gasteiger charge is -2.23. The topological polar surface area (TPSA) is 55.1 Å². The number of benzene rings is 1. The molecule has 1 rings (SSSR count). The maximum Gasteiger partial charge on any atom is 0.231 e. The SMILES string of the molecule is CC[C@H](C)c1ccc([C@@H](NCC(N)=O)C(C)C)cc1. The summed E-state index contributed by atoms with van der Waals surface area (Å²) in [5.41, 5.74) is 7.78. The predicted octanol–water partition coefficient (Wildman–Crippen LogP) is 2.97. The van der Waals surface area contributed by atoms with Gasteiger partial charge in [-0.3, -0.25) is 4.79 Å². The first kappa shape index (κ1) is 15.7. The zero-order valence-corrected chi connectivity index (χ0v) is 12.4. The van der Waals surface area contributed by atoms with Crippen LogP contribution in [0.1, 0.15) is 57.2 Å². The summed E-state index contributed by atoms with van der Waals surface area (Å²) in [4.78, 5) is 10.9. The number of primary amides is 1. The zero-order chi connectivity index (χ0) is 14.4. The fourth-order valence-corrected chi connectivity index (χ4v) is 2.22. The molecule has 1 aromatic rings. The van der Waals surface area contributed by atoms with Gasteiger partial charge in [0.15, 0.2) is 0 Å². The molecule has 106 valence electrons. The van der Waals surface area contributed by atoms with Crippen LogP contribution in [0.4, 0.5) is 0 Å². The Morgan fingerprint density at radius 2 is 1.68 bits per heavy atom. The maximum absolute atomic E-state index is 10.9. The highest BCUT2D eigenvalue weighted by Gasteiger charge is 2.16. The third-order valence-electron chi connectivity index (χ3n) is 3.64. The lowest BCUT2D eigenvalue weighted by Crippen LogP contribution is -2.34. The molecule has 1 amide bonds. The number of carbonyl (C=O) groups excluding carboxylic acids is 1. The molecule has 0 fully saturated rings. The third-order valence-corrected chi connectivity index (χ3v) is 3.64. The predicted molar refractivity (Wildman–Crippen MR) is 79.9 cm³/mol. The largest absolute Gasteiger partial charge is 0.369 e. The summed E-state index contributed by atoms with van der Waals surface area (Å²) in [5, 5.41) is 3.22. The van der Waals surface area contributed by atoms with Crippen molar-refractivity contribution in [3.63, 3.8) is 0 Å². The highest BCUT2D eigenvalue weighted by atomic mass is 16.1. The molecule has 19 heavy (non-hydrogen) atoms. The van der Waals surface area contributed by atoms with Crippen LogP contribution in [-0.4, -0.2) is 12.5 Å². The summed E-state index contributed by atoms with van der Waals surface area (Å²) in [6.07, 6.45) is 1.15. The van der Waals surface area contributed by atoms with Crippen molar-refractivity contribution in [2.45, 2.75) is 46.1 Å². The molecule has 3 heteroatoms. The Balaban J connectivity index is 2.82. The van der Waals surface area contributed by atoms with Crippen molar-refractivity contribution in [3.05, 3.63) is 35.4 Å². The number of amides is 1. The Hall–Kier alpha value is -1.35. The molecule has 3 N–H and O–H groups in total. The second-order valence-electron chi connectivity index (χ2n) is 5.54. The summed E-state index contributed by atoms with van der Waals surface area (Å²) in [6.45, 7) is 8.93. The fraction of sp³-hybridized carbons (Fsp3) is 0.562. The smallest absolute Gasteiger partial charge is 0.231 e. The van der Waals surface area contributed by atoms with Crippen molar-refractivity contribution < 1.29 is 4.79 Å². The zero-order valence-electron chi connectivity index (χ0n) is 12.4. The van der Waals surface area contributed by atoms with Gasteiger partial charge in [0.25, 0.3) is 0 Å². The van der Waals surface area contributed by atoms with E-state index in [1.54, 1.807) is 0 Å². The van der Waals surface area contributed by atoms with Gasteiger partial charge in [-0.1, -0.05) is 52.0 Å². The van der Waals surface area contributed by atoms with Gasteiger partial charge in [0.1, 0.15) is 0 Å². The van der Waals surface area contributed by atoms with E-state index in [1.165, 1.54) is 11.1 Å². The molecule has 1 aromatic carbocycles. The van der Waals surface area contributed by atoms with E-state index in [2.05, 4.69) is 57.3 Å². The molecular weight excluding hydrogens is 236 g/mol. The van der Waals surface area contributed by atoms with Crippen molar-refractivity contribution in [2.24, 2.45) is 11.7 Å². The molecule has 0 aliphatic rings.